The largest absolute Gasteiger partial charge is 0.514 e. The molecule has 7 nitrogen and oxygen atoms in total. The first-order chi connectivity index (χ1) is 12.0. The predicted octanol–water partition coefficient (Wildman–Crippen LogP) is 2.62. The van der Waals surface area contributed by atoms with Crippen LogP contribution in [0.1, 0.15) is 62.3 Å². The molecule has 0 aromatic carbocycles. The predicted molar refractivity (Wildman–Crippen MR) is 101 cm³/mol. The van der Waals surface area contributed by atoms with Crippen LogP contribution in [0.4, 0.5) is 9.18 Å². The van der Waals surface area contributed by atoms with Crippen LogP contribution in [0, 0.1) is 5.95 Å². The Morgan fingerprint density at radius 3 is 2.22 bits per heavy atom. The maximum atomic E-state index is 13.9. The molecule has 9 heteroatoms. The second-order valence-corrected chi connectivity index (χ2v) is 9.65. The number of hydrogen-bond acceptors (Lipinski definition) is 5. The Labute approximate surface area is 161 Å². The van der Waals surface area contributed by atoms with Crippen molar-refractivity contribution in [3.63, 3.8) is 0 Å². The Bertz CT molecular complexity index is 694. The molecule has 0 bridgehead atoms. The number of amides is 1. The lowest BCUT2D eigenvalue weighted by molar-refractivity contribution is 0.00578. The number of carbonyl (C=O) groups is 1. The molecule has 0 atom stereocenters. The molecule has 0 saturated carbocycles. The molecule has 1 fully saturated rings. The van der Waals surface area contributed by atoms with Crippen molar-refractivity contribution in [3.05, 3.63) is 12.0 Å². The molecular formula is C18H31BFN3O4. The highest BCUT2D eigenvalue weighted by molar-refractivity contribution is 6.61. The van der Waals surface area contributed by atoms with Gasteiger partial charge in [-0.3, -0.25) is 4.68 Å². The molecule has 2 rings (SSSR count). The minimum Gasteiger partial charge on any atom is -0.444 e. The molecule has 1 amide bonds. The van der Waals surface area contributed by atoms with E-state index in [9.17, 15) is 9.18 Å². The number of nitrogens with zero attached hydrogens (tertiary/aromatic N) is 2. The Balaban J connectivity index is 2.17. The van der Waals surface area contributed by atoms with Crippen molar-refractivity contribution in [1.82, 2.24) is 15.1 Å². The molecule has 1 N–H and O–H groups in total. The van der Waals surface area contributed by atoms with Crippen LogP contribution in [-0.4, -0.2) is 45.3 Å². The number of alkyl carbamates (subject to hydrolysis) is 1. The van der Waals surface area contributed by atoms with Gasteiger partial charge in [0.1, 0.15) is 5.60 Å². The summed E-state index contributed by atoms with van der Waals surface area (Å²) in [7, 11) is -0.746. The van der Waals surface area contributed by atoms with Crippen LogP contribution in [-0.2, 0) is 20.6 Å². The van der Waals surface area contributed by atoms with Crippen molar-refractivity contribution < 1.29 is 23.2 Å². The van der Waals surface area contributed by atoms with E-state index in [1.54, 1.807) is 20.8 Å². The van der Waals surface area contributed by atoms with Crippen LogP contribution in [0.25, 0.3) is 0 Å². The van der Waals surface area contributed by atoms with Gasteiger partial charge in [-0.05, 0) is 62.3 Å². The van der Waals surface area contributed by atoms with Crippen molar-refractivity contribution in [1.29, 1.82) is 0 Å². The van der Waals surface area contributed by atoms with Crippen molar-refractivity contribution in [2.75, 3.05) is 0 Å². The van der Waals surface area contributed by atoms with Gasteiger partial charge in [-0.25, -0.2) is 4.79 Å². The first-order valence-corrected chi connectivity index (χ1v) is 9.11. The number of ether oxygens (including phenoxy) is 1. The number of nitrogens with one attached hydrogen (secondary N) is 1. The fourth-order valence-electron chi connectivity index (χ4n) is 2.67. The normalized spacial score (nSPS) is 19.3. The first-order valence-electron chi connectivity index (χ1n) is 9.11. The molecular weight excluding hydrogens is 352 g/mol. The summed E-state index contributed by atoms with van der Waals surface area (Å²) in [5.74, 6) is -0.632. The monoisotopic (exact) mass is 383 g/mol. The van der Waals surface area contributed by atoms with E-state index in [0.29, 0.717) is 5.59 Å². The molecule has 0 radical (unpaired) electrons. The van der Waals surface area contributed by atoms with E-state index in [-0.39, 0.29) is 6.54 Å². The summed E-state index contributed by atoms with van der Waals surface area (Å²) in [6.07, 6.45) is -0.544. The van der Waals surface area contributed by atoms with Crippen LogP contribution in [0.2, 0.25) is 0 Å². The molecule has 1 aliphatic heterocycles. The van der Waals surface area contributed by atoms with E-state index >= 15 is 0 Å². The van der Waals surface area contributed by atoms with Crippen LogP contribution >= 0.6 is 0 Å². The second kappa shape index (κ2) is 6.77. The fraction of sp³-hybridized carbons (Fsp3) is 0.778. The summed E-state index contributed by atoms with van der Waals surface area (Å²) in [5, 5.41) is 6.71. The fourth-order valence-corrected chi connectivity index (χ4v) is 2.67. The third-order valence-electron chi connectivity index (χ3n) is 4.66. The zero-order valence-corrected chi connectivity index (χ0v) is 17.8. The summed E-state index contributed by atoms with van der Waals surface area (Å²) >= 11 is 0. The Morgan fingerprint density at radius 2 is 1.74 bits per heavy atom. The average molecular weight is 383 g/mol. The maximum absolute atomic E-state index is 13.9. The quantitative estimate of drug-likeness (QED) is 0.810. The third-order valence-corrected chi connectivity index (χ3v) is 4.66. The van der Waals surface area contributed by atoms with Crippen molar-refractivity contribution in [3.8, 4) is 0 Å². The highest BCUT2D eigenvalue weighted by Gasteiger charge is 2.53. The molecule has 27 heavy (non-hydrogen) atoms. The van der Waals surface area contributed by atoms with Crippen molar-refractivity contribution >= 4 is 18.8 Å². The molecule has 0 aliphatic carbocycles. The van der Waals surface area contributed by atoms with Gasteiger partial charge in [-0.2, -0.15) is 4.39 Å². The molecule has 1 saturated heterocycles. The molecule has 1 aliphatic rings. The van der Waals surface area contributed by atoms with Gasteiger partial charge in [-0.1, -0.05) is 0 Å². The molecule has 1 aromatic rings. The van der Waals surface area contributed by atoms with Gasteiger partial charge in [0.2, 0.25) is 5.95 Å². The van der Waals surface area contributed by atoms with Crippen LogP contribution < -0.4 is 10.9 Å². The Kier molecular flexibility index (Phi) is 5.44. The number of carbonyl (C=O) groups excluding carboxylic acids is 1. The van der Waals surface area contributed by atoms with Gasteiger partial charge in [0.05, 0.1) is 28.9 Å². The lowest BCUT2D eigenvalue weighted by Crippen LogP contribution is -2.51. The highest BCUT2D eigenvalue weighted by atomic mass is 19.1. The van der Waals surface area contributed by atoms with Crippen LogP contribution in [0.15, 0.2) is 6.07 Å². The maximum Gasteiger partial charge on any atom is 0.514 e. The number of hydrogen-bond donors (Lipinski definition) is 1. The lowest BCUT2D eigenvalue weighted by Gasteiger charge is -2.32. The molecule has 0 spiro atoms. The topological polar surface area (TPSA) is 74.6 Å². The first kappa shape index (κ1) is 21.7. The summed E-state index contributed by atoms with van der Waals surface area (Å²) in [6, 6.07) is 1.30. The smallest absolute Gasteiger partial charge is 0.444 e. The number of aromatic nitrogens is 2. The van der Waals surface area contributed by atoms with Crippen molar-refractivity contribution in [2.24, 2.45) is 0 Å². The van der Waals surface area contributed by atoms with E-state index in [4.69, 9.17) is 14.0 Å². The van der Waals surface area contributed by atoms with Gasteiger partial charge < -0.3 is 19.4 Å². The molecule has 152 valence electrons. The van der Waals surface area contributed by atoms with E-state index in [1.165, 1.54) is 10.7 Å². The summed E-state index contributed by atoms with van der Waals surface area (Å²) in [4.78, 5) is 12.1. The van der Waals surface area contributed by atoms with E-state index in [0.717, 1.165) is 0 Å². The van der Waals surface area contributed by atoms with Crippen LogP contribution in [0.5, 0.6) is 0 Å². The number of halogens is 1. The lowest BCUT2D eigenvalue weighted by atomic mass is 9.84. The molecule has 1 aromatic heterocycles. The summed E-state index contributed by atoms with van der Waals surface area (Å²) < 4.78 is 32.7. The zero-order chi connectivity index (χ0) is 20.8. The highest BCUT2D eigenvalue weighted by Crippen LogP contribution is 2.36. The van der Waals surface area contributed by atoms with Gasteiger partial charge in [0.15, 0.2) is 0 Å². The average Bonchev–Trinajstić information content (AvgIpc) is 2.82. The van der Waals surface area contributed by atoms with E-state index in [2.05, 4.69) is 10.4 Å². The summed E-state index contributed by atoms with van der Waals surface area (Å²) in [5.41, 5.74) is -1.98. The minimum atomic E-state index is -0.746. The Morgan fingerprint density at radius 1 is 1.22 bits per heavy atom. The minimum absolute atomic E-state index is 0.218. The van der Waals surface area contributed by atoms with Gasteiger partial charge >= 0.3 is 13.2 Å². The van der Waals surface area contributed by atoms with E-state index < -0.39 is 41.5 Å². The van der Waals surface area contributed by atoms with E-state index in [1.807, 2.05) is 41.5 Å². The zero-order valence-electron chi connectivity index (χ0n) is 17.8. The molecule has 0 unspecified atom stereocenters. The van der Waals surface area contributed by atoms with Gasteiger partial charge in [0.25, 0.3) is 0 Å². The van der Waals surface area contributed by atoms with Gasteiger partial charge in [-0.15, -0.1) is 5.10 Å². The Hall–Kier alpha value is -1.61. The standard InChI is InChI=1S/C18H31BFN3O4/c1-15(2,3)25-14(24)21-16(4,5)11-23-12(10-13(20)22-23)19-26-17(6,7)18(8,9)27-19/h10H,11H2,1-9H3,(H,21,24). The summed E-state index contributed by atoms with van der Waals surface area (Å²) in [6.45, 7) is 16.9. The molecule has 2 heterocycles. The van der Waals surface area contributed by atoms with Gasteiger partial charge in [0, 0.05) is 6.07 Å². The van der Waals surface area contributed by atoms with Crippen LogP contribution in [0.3, 0.4) is 0 Å². The SMILES string of the molecule is CC(C)(Cn1nc(F)cc1B1OC(C)(C)C(C)(C)O1)NC(=O)OC(C)(C)C. The number of rotatable bonds is 4. The van der Waals surface area contributed by atoms with Crippen molar-refractivity contribution in [2.45, 2.75) is 91.2 Å². The second-order valence-electron chi connectivity index (χ2n) is 9.65. The third kappa shape index (κ3) is 5.22.